The molecule has 3 nitrogen and oxygen atoms in total. The first-order valence-electron chi connectivity index (χ1n) is 7.87. The highest BCUT2D eigenvalue weighted by molar-refractivity contribution is 5.82. The standard InChI is InChI=1S/C18H25N3/c1-14-11-15(16-5-3-4-6-17(16)20-14)12-21-9-7-18(2,13-19)8-10-21/h3-6,11H,7-10,12-13,19H2,1-2H3. The Bertz CT molecular complexity index is 627. The van der Waals surface area contributed by atoms with Gasteiger partial charge in [-0.3, -0.25) is 9.88 Å². The van der Waals surface area contributed by atoms with Gasteiger partial charge in [0.1, 0.15) is 0 Å². The summed E-state index contributed by atoms with van der Waals surface area (Å²) in [5.74, 6) is 0. The fraction of sp³-hybridized carbons (Fsp3) is 0.500. The molecule has 1 fully saturated rings. The Labute approximate surface area is 127 Å². The summed E-state index contributed by atoms with van der Waals surface area (Å²) in [4.78, 5) is 7.18. The SMILES string of the molecule is Cc1cc(CN2CCC(C)(CN)CC2)c2ccccc2n1. The number of nitrogens with two attached hydrogens (primary N) is 1. The van der Waals surface area contributed by atoms with E-state index in [1.165, 1.54) is 23.8 Å². The first-order valence-corrected chi connectivity index (χ1v) is 7.87. The van der Waals surface area contributed by atoms with Crippen LogP contribution in [-0.2, 0) is 6.54 Å². The van der Waals surface area contributed by atoms with Crippen molar-refractivity contribution in [2.24, 2.45) is 11.1 Å². The number of rotatable bonds is 3. The molecule has 2 N–H and O–H groups in total. The summed E-state index contributed by atoms with van der Waals surface area (Å²) >= 11 is 0. The molecule has 3 rings (SSSR count). The molecule has 0 radical (unpaired) electrons. The fourth-order valence-electron chi connectivity index (χ4n) is 3.22. The lowest BCUT2D eigenvalue weighted by molar-refractivity contribution is 0.119. The number of nitrogens with zero attached hydrogens (tertiary/aromatic N) is 2. The van der Waals surface area contributed by atoms with Gasteiger partial charge in [-0.05, 0) is 62.5 Å². The van der Waals surface area contributed by atoms with Crippen LogP contribution in [0.5, 0.6) is 0 Å². The third kappa shape index (κ3) is 3.09. The van der Waals surface area contributed by atoms with Crippen molar-refractivity contribution in [1.82, 2.24) is 9.88 Å². The zero-order valence-corrected chi connectivity index (χ0v) is 13.1. The molecular weight excluding hydrogens is 258 g/mol. The molecule has 0 bridgehead atoms. The normalized spacial score (nSPS) is 19.0. The summed E-state index contributed by atoms with van der Waals surface area (Å²) in [5.41, 5.74) is 9.85. The van der Waals surface area contributed by atoms with Gasteiger partial charge >= 0.3 is 0 Å². The van der Waals surface area contributed by atoms with Crippen molar-refractivity contribution < 1.29 is 0 Å². The fourth-order valence-corrected chi connectivity index (χ4v) is 3.22. The van der Waals surface area contributed by atoms with Crippen LogP contribution in [0.15, 0.2) is 30.3 Å². The number of aryl methyl sites for hydroxylation is 1. The molecular formula is C18H25N3. The van der Waals surface area contributed by atoms with Crippen molar-refractivity contribution in [3.05, 3.63) is 41.6 Å². The zero-order chi connectivity index (χ0) is 14.9. The third-order valence-corrected chi connectivity index (χ3v) is 4.88. The molecule has 0 saturated carbocycles. The summed E-state index contributed by atoms with van der Waals surface area (Å²) in [7, 11) is 0. The number of aromatic nitrogens is 1. The van der Waals surface area contributed by atoms with E-state index in [0.29, 0.717) is 5.41 Å². The van der Waals surface area contributed by atoms with Gasteiger partial charge in [0.05, 0.1) is 5.52 Å². The van der Waals surface area contributed by atoms with Crippen molar-refractivity contribution >= 4 is 10.9 Å². The third-order valence-electron chi connectivity index (χ3n) is 4.88. The van der Waals surface area contributed by atoms with Crippen LogP contribution in [0.25, 0.3) is 10.9 Å². The molecule has 1 saturated heterocycles. The maximum absolute atomic E-state index is 5.90. The second-order valence-electron chi connectivity index (χ2n) is 6.73. The Kier molecular flexibility index (Phi) is 3.96. The van der Waals surface area contributed by atoms with Gasteiger partial charge in [-0.15, -0.1) is 0 Å². The summed E-state index contributed by atoms with van der Waals surface area (Å²) in [6.07, 6.45) is 2.40. The summed E-state index contributed by atoms with van der Waals surface area (Å²) < 4.78 is 0. The highest BCUT2D eigenvalue weighted by Gasteiger charge is 2.28. The molecule has 0 atom stereocenters. The van der Waals surface area contributed by atoms with Crippen molar-refractivity contribution in [2.75, 3.05) is 19.6 Å². The minimum absolute atomic E-state index is 0.340. The highest BCUT2D eigenvalue weighted by atomic mass is 15.1. The van der Waals surface area contributed by atoms with E-state index < -0.39 is 0 Å². The monoisotopic (exact) mass is 283 g/mol. The van der Waals surface area contributed by atoms with Gasteiger partial charge in [0.25, 0.3) is 0 Å². The maximum atomic E-state index is 5.90. The first kappa shape index (κ1) is 14.5. The van der Waals surface area contributed by atoms with E-state index >= 15 is 0 Å². The topological polar surface area (TPSA) is 42.1 Å². The number of likely N-dealkylation sites (tertiary alicyclic amines) is 1. The van der Waals surface area contributed by atoms with Gasteiger partial charge < -0.3 is 5.73 Å². The van der Waals surface area contributed by atoms with Gasteiger partial charge in [-0.1, -0.05) is 25.1 Å². The van der Waals surface area contributed by atoms with E-state index in [2.05, 4.69) is 54.1 Å². The number of piperidine rings is 1. The lowest BCUT2D eigenvalue weighted by atomic mass is 9.80. The van der Waals surface area contributed by atoms with Gasteiger partial charge in [0, 0.05) is 17.6 Å². The Hall–Kier alpha value is -1.45. The Morgan fingerprint density at radius 1 is 1.24 bits per heavy atom. The largest absolute Gasteiger partial charge is 0.330 e. The lowest BCUT2D eigenvalue weighted by Crippen LogP contribution is -2.41. The molecule has 0 amide bonds. The molecule has 2 heterocycles. The summed E-state index contributed by atoms with van der Waals surface area (Å²) in [5, 5.41) is 1.29. The van der Waals surface area contributed by atoms with Gasteiger partial charge in [0.15, 0.2) is 0 Å². The predicted octanol–water partition coefficient (Wildman–Crippen LogP) is 3.10. The van der Waals surface area contributed by atoms with Crippen LogP contribution in [0.1, 0.15) is 31.0 Å². The van der Waals surface area contributed by atoms with E-state index in [1.54, 1.807) is 0 Å². The molecule has 1 aliphatic rings. The second-order valence-corrected chi connectivity index (χ2v) is 6.73. The van der Waals surface area contributed by atoms with E-state index in [-0.39, 0.29) is 0 Å². The van der Waals surface area contributed by atoms with Gasteiger partial charge in [-0.25, -0.2) is 0 Å². The first-order chi connectivity index (χ1) is 10.1. The van der Waals surface area contributed by atoms with Crippen LogP contribution in [-0.4, -0.2) is 29.5 Å². The van der Waals surface area contributed by atoms with Crippen LogP contribution in [0.3, 0.4) is 0 Å². The van der Waals surface area contributed by atoms with Crippen molar-refractivity contribution in [3.63, 3.8) is 0 Å². The quantitative estimate of drug-likeness (QED) is 0.941. The number of hydrogen-bond donors (Lipinski definition) is 1. The second kappa shape index (κ2) is 5.74. The summed E-state index contributed by atoms with van der Waals surface area (Å²) in [6, 6.07) is 10.7. The van der Waals surface area contributed by atoms with Crippen LogP contribution in [0.4, 0.5) is 0 Å². The molecule has 0 aliphatic carbocycles. The maximum Gasteiger partial charge on any atom is 0.0708 e. The number of hydrogen-bond acceptors (Lipinski definition) is 3. The molecule has 3 heteroatoms. The predicted molar refractivity (Wildman–Crippen MR) is 88.2 cm³/mol. The number of para-hydroxylation sites is 1. The van der Waals surface area contributed by atoms with Crippen LogP contribution < -0.4 is 5.73 Å². The average Bonchev–Trinajstić information content (AvgIpc) is 2.49. The zero-order valence-electron chi connectivity index (χ0n) is 13.1. The molecule has 0 unspecified atom stereocenters. The van der Waals surface area contributed by atoms with Gasteiger partial charge in [0.2, 0.25) is 0 Å². The van der Waals surface area contributed by atoms with Crippen molar-refractivity contribution in [1.29, 1.82) is 0 Å². The Morgan fingerprint density at radius 3 is 2.67 bits per heavy atom. The minimum Gasteiger partial charge on any atom is -0.330 e. The highest BCUT2D eigenvalue weighted by Crippen LogP contribution is 2.30. The number of fused-ring (bicyclic) bond motifs is 1. The summed E-state index contributed by atoms with van der Waals surface area (Å²) in [6.45, 7) is 8.50. The molecule has 1 aromatic carbocycles. The van der Waals surface area contributed by atoms with E-state index in [1.807, 2.05) is 0 Å². The van der Waals surface area contributed by atoms with E-state index in [4.69, 9.17) is 5.73 Å². The van der Waals surface area contributed by atoms with Crippen molar-refractivity contribution in [3.8, 4) is 0 Å². The molecule has 1 aromatic heterocycles. The van der Waals surface area contributed by atoms with Crippen LogP contribution >= 0.6 is 0 Å². The van der Waals surface area contributed by atoms with Crippen molar-refractivity contribution in [2.45, 2.75) is 33.2 Å². The van der Waals surface area contributed by atoms with Gasteiger partial charge in [-0.2, -0.15) is 0 Å². The van der Waals surface area contributed by atoms with Crippen LogP contribution in [0, 0.1) is 12.3 Å². The molecule has 2 aromatic rings. The number of pyridine rings is 1. The van der Waals surface area contributed by atoms with E-state index in [0.717, 1.165) is 37.4 Å². The van der Waals surface area contributed by atoms with E-state index in [9.17, 15) is 0 Å². The Balaban J connectivity index is 1.80. The van der Waals surface area contributed by atoms with Crippen LogP contribution in [0.2, 0.25) is 0 Å². The molecule has 0 spiro atoms. The lowest BCUT2D eigenvalue weighted by Gasteiger charge is -2.38. The smallest absolute Gasteiger partial charge is 0.0708 e. The minimum atomic E-state index is 0.340. The Morgan fingerprint density at radius 2 is 1.95 bits per heavy atom. The average molecular weight is 283 g/mol. The molecule has 1 aliphatic heterocycles. The number of benzene rings is 1. The molecule has 21 heavy (non-hydrogen) atoms. The molecule has 112 valence electrons.